The zero-order chi connectivity index (χ0) is 17.9. The number of hydrogen-bond donors (Lipinski definition) is 0. The van der Waals surface area contributed by atoms with Crippen molar-refractivity contribution in [3.05, 3.63) is 60.4 Å². The van der Waals surface area contributed by atoms with Gasteiger partial charge in [-0.05, 0) is 25.0 Å². The van der Waals surface area contributed by atoms with Crippen molar-refractivity contribution in [3.63, 3.8) is 0 Å². The maximum absolute atomic E-state index is 12.4. The van der Waals surface area contributed by atoms with Crippen molar-refractivity contribution in [2.75, 3.05) is 13.1 Å². The lowest BCUT2D eigenvalue weighted by Gasteiger charge is -2.30. The van der Waals surface area contributed by atoms with Crippen molar-refractivity contribution < 1.29 is 18.5 Å². The molecule has 26 heavy (non-hydrogen) atoms. The average molecular weight is 351 g/mol. The number of hydrogen-bond acceptors (Lipinski definition) is 6. The number of benzene rings is 1. The zero-order valence-corrected chi connectivity index (χ0v) is 14.0. The molecule has 0 spiro atoms. The van der Waals surface area contributed by atoms with Crippen LogP contribution in [0.3, 0.4) is 0 Å². The molecule has 0 saturated carbocycles. The fourth-order valence-electron chi connectivity index (χ4n) is 3.13. The van der Waals surface area contributed by atoms with E-state index in [1.54, 1.807) is 6.07 Å². The van der Waals surface area contributed by atoms with Gasteiger partial charge >= 0.3 is 0 Å². The number of ketones is 1. The highest BCUT2D eigenvalue weighted by Crippen LogP contribution is 2.28. The highest BCUT2D eigenvalue weighted by atomic mass is 16.5. The predicted octanol–water partition coefficient (Wildman–Crippen LogP) is 2.92. The number of rotatable bonds is 4. The number of carbonyl (C=O) groups is 2. The second-order valence-corrected chi connectivity index (χ2v) is 6.22. The lowest BCUT2D eigenvalue weighted by molar-refractivity contribution is -0.127. The summed E-state index contributed by atoms with van der Waals surface area (Å²) in [5.41, 5.74) is 0.874. The fourth-order valence-corrected chi connectivity index (χ4v) is 3.13. The van der Waals surface area contributed by atoms with E-state index in [0.717, 1.165) is 18.4 Å². The SMILES string of the molecule is O=C(C(=O)N1CCCC(c2nc(-c3ccccc3)no2)C1)c1ccco1. The van der Waals surface area contributed by atoms with E-state index in [0.29, 0.717) is 24.8 Å². The third-order valence-electron chi connectivity index (χ3n) is 4.47. The average Bonchev–Trinajstić information content (AvgIpc) is 3.40. The Morgan fingerprint density at radius 3 is 2.73 bits per heavy atom. The molecule has 7 heteroatoms. The molecule has 3 heterocycles. The first-order chi connectivity index (χ1) is 12.7. The van der Waals surface area contributed by atoms with E-state index in [-0.39, 0.29) is 11.7 Å². The minimum absolute atomic E-state index is 0.0567. The smallest absolute Gasteiger partial charge is 0.298 e. The monoisotopic (exact) mass is 351 g/mol. The Labute approximate surface area is 149 Å². The molecule has 0 radical (unpaired) electrons. The number of nitrogens with zero attached hydrogens (tertiary/aromatic N) is 3. The maximum Gasteiger partial charge on any atom is 0.298 e. The van der Waals surface area contributed by atoms with Crippen molar-refractivity contribution in [3.8, 4) is 11.4 Å². The maximum atomic E-state index is 12.4. The summed E-state index contributed by atoms with van der Waals surface area (Å²) >= 11 is 0. The molecule has 0 aliphatic carbocycles. The van der Waals surface area contributed by atoms with E-state index >= 15 is 0 Å². The Morgan fingerprint density at radius 2 is 1.96 bits per heavy atom. The zero-order valence-electron chi connectivity index (χ0n) is 14.0. The van der Waals surface area contributed by atoms with Gasteiger partial charge in [-0.25, -0.2) is 0 Å². The molecule has 7 nitrogen and oxygen atoms in total. The van der Waals surface area contributed by atoms with Crippen LogP contribution in [0.1, 0.15) is 35.2 Å². The van der Waals surface area contributed by atoms with Gasteiger partial charge in [0.05, 0.1) is 12.2 Å². The van der Waals surface area contributed by atoms with Gasteiger partial charge < -0.3 is 13.8 Å². The summed E-state index contributed by atoms with van der Waals surface area (Å²) in [6.45, 7) is 0.906. The first kappa shape index (κ1) is 16.3. The van der Waals surface area contributed by atoms with Crippen LogP contribution in [0.5, 0.6) is 0 Å². The standard InChI is InChI=1S/C19H17N3O4/c23-16(15-9-5-11-25-15)19(24)22-10-4-8-14(12-22)18-20-17(21-26-18)13-6-2-1-3-7-13/h1-3,5-7,9,11,14H,4,8,10,12H2. The molecule has 1 atom stereocenters. The summed E-state index contributed by atoms with van der Waals surface area (Å²) < 4.78 is 10.4. The molecule has 1 saturated heterocycles. The van der Waals surface area contributed by atoms with Gasteiger partial charge in [-0.15, -0.1) is 0 Å². The van der Waals surface area contributed by atoms with E-state index in [1.807, 2.05) is 30.3 Å². The van der Waals surface area contributed by atoms with Crippen LogP contribution in [0.25, 0.3) is 11.4 Å². The molecule has 3 aromatic rings. The largest absolute Gasteiger partial charge is 0.461 e. The number of aromatic nitrogens is 2. The van der Waals surface area contributed by atoms with Crippen molar-refractivity contribution in [1.29, 1.82) is 0 Å². The Balaban J connectivity index is 1.48. The molecular formula is C19H17N3O4. The number of amides is 1. The molecular weight excluding hydrogens is 334 g/mol. The van der Waals surface area contributed by atoms with Crippen LogP contribution < -0.4 is 0 Å². The highest BCUT2D eigenvalue weighted by Gasteiger charge is 2.32. The van der Waals surface area contributed by atoms with Gasteiger partial charge in [-0.1, -0.05) is 35.5 Å². The number of likely N-dealkylation sites (tertiary alicyclic amines) is 1. The van der Waals surface area contributed by atoms with E-state index < -0.39 is 11.7 Å². The van der Waals surface area contributed by atoms with Crippen LogP contribution in [0.2, 0.25) is 0 Å². The highest BCUT2D eigenvalue weighted by molar-refractivity contribution is 6.41. The van der Waals surface area contributed by atoms with Gasteiger partial charge in [0.25, 0.3) is 11.7 Å². The van der Waals surface area contributed by atoms with Crippen LogP contribution in [0, 0.1) is 0 Å². The Hall–Kier alpha value is -3.22. The Kier molecular flexibility index (Phi) is 4.35. The molecule has 132 valence electrons. The number of piperidine rings is 1. The topological polar surface area (TPSA) is 89.4 Å². The van der Waals surface area contributed by atoms with Gasteiger partial charge in [0.2, 0.25) is 11.7 Å². The predicted molar refractivity (Wildman–Crippen MR) is 91.3 cm³/mol. The molecule has 0 N–H and O–H groups in total. The summed E-state index contributed by atoms with van der Waals surface area (Å²) in [4.78, 5) is 30.7. The van der Waals surface area contributed by atoms with Gasteiger partial charge in [0.1, 0.15) is 0 Å². The summed E-state index contributed by atoms with van der Waals surface area (Å²) in [6.07, 6.45) is 2.98. The lowest BCUT2D eigenvalue weighted by Crippen LogP contribution is -2.42. The third-order valence-corrected chi connectivity index (χ3v) is 4.47. The van der Waals surface area contributed by atoms with E-state index in [4.69, 9.17) is 8.94 Å². The van der Waals surface area contributed by atoms with Gasteiger partial charge in [-0.3, -0.25) is 9.59 Å². The van der Waals surface area contributed by atoms with Gasteiger partial charge in [0, 0.05) is 18.7 Å². The minimum atomic E-state index is -0.633. The van der Waals surface area contributed by atoms with Crippen molar-refractivity contribution in [1.82, 2.24) is 15.0 Å². The quantitative estimate of drug-likeness (QED) is 0.530. The molecule has 1 aliphatic heterocycles. The van der Waals surface area contributed by atoms with Gasteiger partial charge in [-0.2, -0.15) is 4.98 Å². The summed E-state index contributed by atoms with van der Waals surface area (Å²) in [7, 11) is 0. The molecule has 1 amide bonds. The molecule has 1 fully saturated rings. The molecule has 1 aliphatic rings. The van der Waals surface area contributed by atoms with E-state index in [9.17, 15) is 9.59 Å². The first-order valence-electron chi connectivity index (χ1n) is 8.48. The number of furan rings is 1. The lowest BCUT2D eigenvalue weighted by atomic mass is 9.97. The third kappa shape index (κ3) is 3.15. The van der Waals surface area contributed by atoms with Crippen LogP contribution in [-0.4, -0.2) is 39.8 Å². The fraction of sp³-hybridized carbons (Fsp3) is 0.263. The summed E-state index contributed by atoms with van der Waals surface area (Å²) in [5, 5.41) is 4.04. The number of Topliss-reactive ketones (excluding diaryl/α,β-unsaturated/α-hetero) is 1. The second-order valence-electron chi connectivity index (χ2n) is 6.22. The first-order valence-corrected chi connectivity index (χ1v) is 8.48. The van der Waals surface area contributed by atoms with Crippen molar-refractivity contribution in [2.45, 2.75) is 18.8 Å². The minimum Gasteiger partial charge on any atom is -0.461 e. The van der Waals surface area contributed by atoms with Crippen LogP contribution in [0.4, 0.5) is 0 Å². The molecule has 1 aromatic carbocycles. The molecule has 4 rings (SSSR count). The van der Waals surface area contributed by atoms with Crippen molar-refractivity contribution >= 4 is 11.7 Å². The molecule has 1 unspecified atom stereocenters. The van der Waals surface area contributed by atoms with Crippen LogP contribution in [0.15, 0.2) is 57.7 Å². The normalized spacial score (nSPS) is 17.2. The van der Waals surface area contributed by atoms with E-state index in [2.05, 4.69) is 10.1 Å². The number of carbonyl (C=O) groups excluding carboxylic acids is 2. The Bertz CT molecular complexity index is 902. The summed E-state index contributed by atoms with van der Waals surface area (Å²) in [6, 6.07) is 12.6. The van der Waals surface area contributed by atoms with Crippen molar-refractivity contribution in [2.24, 2.45) is 0 Å². The van der Waals surface area contributed by atoms with Gasteiger partial charge in [0.15, 0.2) is 5.76 Å². The van der Waals surface area contributed by atoms with E-state index in [1.165, 1.54) is 17.2 Å². The second kappa shape index (κ2) is 6.95. The van der Waals surface area contributed by atoms with Crippen LogP contribution in [-0.2, 0) is 4.79 Å². The summed E-state index contributed by atoms with van der Waals surface area (Å²) in [5.74, 6) is -0.204. The van der Waals surface area contributed by atoms with Crippen LogP contribution >= 0.6 is 0 Å². The molecule has 0 bridgehead atoms. The Morgan fingerprint density at radius 1 is 1.12 bits per heavy atom. The molecule has 2 aromatic heterocycles.